The van der Waals surface area contributed by atoms with Gasteiger partial charge in [-0.25, -0.2) is 4.39 Å². The Labute approximate surface area is 219 Å². The van der Waals surface area contributed by atoms with Crippen molar-refractivity contribution in [2.45, 2.75) is 44.7 Å². The maximum Gasteiger partial charge on any atom is 0.416 e. The molecule has 1 amide bonds. The number of alkyl halides is 3. The molecule has 2 heterocycles. The van der Waals surface area contributed by atoms with Crippen molar-refractivity contribution in [1.82, 2.24) is 14.7 Å². The molecule has 2 aliphatic heterocycles. The molecule has 5 nitrogen and oxygen atoms in total. The van der Waals surface area contributed by atoms with Crippen molar-refractivity contribution < 1.29 is 27.1 Å². The molecular weight excluding hydrogens is 510 g/mol. The third kappa shape index (κ3) is 7.44. The molecule has 2 aromatic rings. The van der Waals surface area contributed by atoms with Crippen molar-refractivity contribution in [3.63, 3.8) is 0 Å². The zero-order chi connectivity index (χ0) is 26.7. The highest BCUT2D eigenvalue weighted by Gasteiger charge is 2.35. The van der Waals surface area contributed by atoms with E-state index in [1.54, 1.807) is 17.0 Å². The first-order chi connectivity index (χ1) is 17.5. The molecule has 0 bridgehead atoms. The maximum atomic E-state index is 14.1. The Bertz CT molecular complexity index is 1070. The number of hydrogen-bond acceptors (Lipinski definition) is 4. The number of rotatable bonds is 6. The van der Waals surface area contributed by atoms with Crippen molar-refractivity contribution in [2.24, 2.45) is 0 Å². The first kappa shape index (κ1) is 27.8. The van der Waals surface area contributed by atoms with Crippen LogP contribution in [0.15, 0.2) is 42.5 Å². The summed E-state index contributed by atoms with van der Waals surface area (Å²) in [6, 6.07) is 9.03. The number of ether oxygens (including phenoxy) is 1. The Hall–Kier alpha value is -2.20. The number of hydrogen-bond donors (Lipinski definition) is 0. The summed E-state index contributed by atoms with van der Waals surface area (Å²) in [7, 11) is 0. The fourth-order valence-electron chi connectivity index (χ4n) is 5.25. The molecule has 37 heavy (non-hydrogen) atoms. The standard InChI is InChI=1S/C27H32ClF4N3O2/c1-18-15-34(16-19(2)37-18)8-7-33-9-10-35(25(17-33)11-20-3-5-23(28)6-4-20)26(36)21-12-22(27(30,31)32)14-24(29)13-21/h3-6,12-14,18-19,25H,7-11,15-17H2,1-2H3/t18?,19?,25-/m1/s1. The first-order valence-corrected chi connectivity index (χ1v) is 12.9. The monoisotopic (exact) mass is 541 g/mol. The van der Waals surface area contributed by atoms with Crippen LogP contribution in [0.1, 0.15) is 35.3 Å². The van der Waals surface area contributed by atoms with E-state index in [2.05, 4.69) is 23.6 Å². The number of morpholine rings is 1. The predicted octanol–water partition coefficient (Wildman–Crippen LogP) is 4.98. The molecule has 0 aliphatic carbocycles. The summed E-state index contributed by atoms with van der Waals surface area (Å²) in [5.74, 6) is -1.68. The van der Waals surface area contributed by atoms with Gasteiger partial charge in [0.05, 0.1) is 17.8 Å². The van der Waals surface area contributed by atoms with Crippen molar-refractivity contribution >= 4 is 17.5 Å². The maximum absolute atomic E-state index is 14.1. The molecule has 10 heteroatoms. The highest BCUT2D eigenvalue weighted by Crippen LogP contribution is 2.31. The lowest BCUT2D eigenvalue weighted by atomic mass is 10.00. The van der Waals surface area contributed by atoms with Gasteiger partial charge in [0.25, 0.3) is 5.91 Å². The molecule has 2 aromatic carbocycles. The Morgan fingerprint density at radius 3 is 2.27 bits per heavy atom. The van der Waals surface area contributed by atoms with Crippen LogP contribution in [0, 0.1) is 5.82 Å². The minimum Gasteiger partial charge on any atom is -0.373 e. The van der Waals surface area contributed by atoms with Gasteiger partial charge in [-0.3, -0.25) is 14.6 Å². The molecule has 3 atom stereocenters. The quantitative estimate of drug-likeness (QED) is 0.484. The predicted molar refractivity (Wildman–Crippen MR) is 134 cm³/mol. The molecule has 0 saturated carbocycles. The summed E-state index contributed by atoms with van der Waals surface area (Å²) in [4.78, 5) is 19.6. The number of carbonyl (C=O) groups is 1. The number of benzene rings is 2. The number of amides is 1. The van der Waals surface area contributed by atoms with Crippen LogP contribution in [0.25, 0.3) is 0 Å². The second-order valence-corrected chi connectivity index (χ2v) is 10.5. The van der Waals surface area contributed by atoms with Crippen LogP contribution in [0.2, 0.25) is 5.02 Å². The highest BCUT2D eigenvalue weighted by atomic mass is 35.5. The van der Waals surface area contributed by atoms with Crippen molar-refractivity contribution in [1.29, 1.82) is 0 Å². The van der Waals surface area contributed by atoms with Gasteiger partial charge in [0, 0.05) is 62.4 Å². The van der Waals surface area contributed by atoms with Gasteiger partial charge in [-0.2, -0.15) is 13.2 Å². The van der Waals surface area contributed by atoms with Gasteiger partial charge in [0.15, 0.2) is 0 Å². The van der Waals surface area contributed by atoms with Gasteiger partial charge in [-0.15, -0.1) is 0 Å². The Balaban J connectivity index is 1.50. The van der Waals surface area contributed by atoms with Gasteiger partial charge < -0.3 is 9.64 Å². The highest BCUT2D eigenvalue weighted by molar-refractivity contribution is 6.30. The smallest absolute Gasteiger partial charge is 0.373 e. The summed E-state index contributed by atoms with van der Waals surface area (Å²) >= 11 is 6.02. The Morgan fingerprint density at radius 1 is 0.973 bits per heavy atom. The SMILES string of the molecule is CC1CN(CCN2CCN(C(=O)c3cc(F)cc(C(F)(F)F)c3)[C@H](Cc3ccc(Cl)cc3)C2)CC(C)O1. The fourth-order valence-corrected chi connectivity index (χ4v) is 5.38. The lowest BCUT2D eigenvalue weighted by Gasteiger charge is -2.43. The Kier molecular flexibility index (Phi) is 8.78. The van der Waals surface area contributed by atoms with Gasteiger partial charge in [-0.05, 0) is 56.2 Å². The van der Waals surface area contributed by atoms with E-state index in [1.807, 2.05) is 12.1 Å². The number of carbonyl (C=O) groups excluding carboxylic acids is 1. The van der Waals surface area contributed by atoms with E-state index in [-0.39, 0.29) is 23.8 Å². The first-order valence-electron chi connectivity index (χ1n) is 12.5. The molecule has 202 valence electrons. The van der Waals surface area contributed by atoms with Gasteiger partial charge >= 0.3 is 6.18 Å². The zero-order valence-electron chi connectivity index (χ0n) is 21.0. The molecule has 0 spiro atoms. The molecule has 2 saturated heterocycles. The normalized spacial score (nSPS) is 23.9. The van der Waals surface area contributed by atoms with Gasteiger partial charge in [-0.1, -0.05) is 23.7 Å². The largest absolute Gasteiger partial charge is 0.416 e. The molecule has 4 rings (SSSR count). The molecular formula is C27H32ClF4N3O2. The van der Waals surface area contributed by atoms with Crippen LogP contribution in [0.4, 0.5) is 17.6 Å². The number of halogens is 5. The molecule has 0 radical (unpaired) electrons. The summed E-state index contributed by atoms with van der Waals surface area (Å²) in [6.45, 7) is 8.99. The van der Waals surface area contributed by atoms with E-state index in [4.69, 9.17) is 16.3 Å². The lowest BCUT2D eigenvalue weighted by Crippen LogP contribution is -2.57. The van der Waals surface area contributed by atoms with Crippen LogP contribution >= 0.6 is 11.6 Å². The van der Waals surface area contributed by atoms with E-state index in [0.29, 0.717) is 37.1 Å². The molecule has 2 unspecified atom stereocenters. The second-order valence-electron chi connectivity index (χ2n) is 10.0. The molecule has 2 aliphatic rings. The van der Waals surface area contributed by atoms with Crippen molar-refractivity contribution in [3.05, 3.63) is 70.0 Å². The lowest BCUT2D eigenvalue weighted by molar-refractivity contribution is -0.137. The third-order valence-electron chi connectivity index (χ3n) is 6.91. The van der Waals surface area contributed by atoms with Crippen LogP contribution in [0.5, 0.6) is 0 Å². The average Bonchev–Trinajstić information content (AvgIpc) is 2.82. The molecule has 2 fully saturated rings. The summed E-state index contributed by atoms with van der Waals surface area (Å²) in [5.41, 5.74) is -0.504. The molecule has 0 aromatic heterocycles. The summed E-state index contributed by atoms with van der Waals surface area (Å²) in [5, 5.41) is 0.593. The van der Waals surface area contributed by atoms with E-state index in [1.165, 1.54) is 0 Å². The van der Waals surface area contributed by atoms with Crippen LogP contribution in [-0.4, -0.2) is 84.7 Å². The van der Waals surface area contributed by atoms with Crippen molar-refractivity contribution in [2.75, 3.05) is 45.8 Å². The van der Waals surface area contributed by atoms with Crippen LogP contribution < -0.4 is 0 Å². The topological polar surface area (TPSA) is 36.0 Å². The average molecular weight is 542 g/mol. The zero-order valence-corrected chi connectivity index (χ0v) is 21.7. The summed E-state index contributed by atoms with van der Waals surface area (Å²) in [6.07, 6.45) is -3.90. The van der Waals surface area contributed by atoms with E-state index in [9.17, 15) is 22.4 Å². The number of piperazine rings is 1. The summed E-state index contributed by atoms with van der Waals surface area (Å²) < 4.78 is 59.7. The van der Waals surface area contributed by atoms with E-state index in [0.717, 1.165) is 43.9 Å². The van der Waals surface area contributed by atoms with Gasteiger partial charge in [0.1, 0.15) is 5.82 Å². The Morgan fingerprint density at radius 2 is 1.62 bits per heavy atom. The van der Waals surface area contributed by atoms with Crippen molar-refractivity contribution in [3.8, 4) is 0 Å². The van der Waals surface area contributed by atoms with Gasteiger partial charge in [0.2, 0.25) is 0 Å². The van der Waals surface area contributed by atoms with Crippen LogP contribution in [0.3, 0.4) is 0 Å². The third-order valence-corrected chi connectivity index (χ3v) is 7.16. The minimum absolute atomic E-state index is 0.170. The second kappa shape index (κ2) is 11.7. The van der Waals surface area contributed by atoms with E-state index < -0.39 is 23.5 Å². The van der Waals surface area contributed by atoms with E-state index >= 15 is 0 Å². The fraction of sp³-hybridized carbons (Fsp3) is 0.519. The number of nitrogens with zero attached hydrogens (tertiary/aromatic N) is 3. The molecule has 0 N–H and O–H groups in total. The van der Waals surface area contributed by atoms with Crippen LogP contribution in [-0.2, 0) is 17.3 Å². The minimum atomic E-state index is -4.74.